The molecule has 3 rings (SSSR count). The monoisotopic (exact) mass is 399 g/mol. The predicted octanol–water partition coefficient (Wildman–Crippen LogP) is 3.39. The van der Waals surface area contributed by atoms with Crippen molar-refractivity contribution in [2.24, 2.45) is 0 Å². The second-order valence-corrected chi connectivity index (χ2v) is 8.64. The van der Waals surface area contributed by atoms with E-state index in [9.17, 15) is 18.0 Å². The summed E-state index contributed by atoms with van der Waals surface area (Å²) in [5.41, 5.74) is 2.90. The lowest BCUT2D eigenvalue weighted by atomic mass is 10.1. The molecule has 146 valence electrons. The average molecular weight is 399 g/mol. The van der Waals surface area contributed by atoms with Gasteiger partial charge in [0.25, 0.3) is 0 Å². The minimum Gasteiger partial charge on any atom is -0.461 e. The summed E-state index contributed by atoms with van der Waals surface area (Å²) >= 11 is 0. The summed E-state index contributed by atoms with van der Waals surface area (Å²) in [7, 11) is -3.46. The number of aldehydes is 1. The van der Waals surface area contributed by atoms with Gasteiger partial charge in [0.15, 0.2) is 16.1 Å². The minimum absolute atomic E-state index is 0.0889. The summed E-state index contributed by atoms with van der Waals surface area (Å²) in [6.07, 6.45) is 1.68. The molecule has 0 radical (unpaired) electrons. The fourth-order valence-electron chi connectivity index (χ4n) is 3.17. The largest absolute Gasteiger partial charge is 0.461 e. The zero-order chi connectivity index (χ0) is 20.5. The number of hydrogen-bond acceptors (Lipinski definition) is 5. The van der Waals surface area contributed by atoms with Crippen LogP contribution in [0.25, 0.3) is 10.9 Å². The molecule has 0 aliphatic heterocycles. The first-order valence-electron chi connectivity index (χ1n) is 8.80. The molecule has 0 bridgehead atoms. The molecule has 0 N–H and O–H groups in total. The van der Waals surface area contributed by atoms with Crippen molar-refractivity contribution in [2.75, 3.05) is 12.9 Å². The van der Waals surface area contributed by atoms with Crippen LogP contribution >= 0.6 is 0 Å². The normalized spacial score (nSPS) is 11.5. The predicted molar refractivity (Wildman–Crippen MR) is 107 cm³/mol. The highest BCUT2D eigenvalue weighted by Crippen LogP contribution is 2.29. The molecule has 0 fully saturated rings. The van der Waals surface area contributed by atoms with Gasteiger partial charge in [0.2, 0.25) is 0 Å². The number of aryl methyl sites for hydroxylation is 1. The van der Waals surface area contributed by atoms with Gasteiger partial charge in [0.1, 0.15) is 5.69 Å². The molecular weight excluding hydrogens is 378 g/mol. The third-order valence-electron chi connectivity index (χ3n) is 4.55. The van der Waals surface area contributed by atoms with Crippen molar-refractivity contribution in [1.82, 2.24) is 4.57 Å². The first-order valence-corrected chi connectivity index (χ1v) is 10.7. The lowest BCUT2D eigenvalue weighted by Gasteiger charge is -2.11. The van der Waals surface area contributed by atoms with E-state index >= 15 is 0 Å². The number of carbonyl (C=O) groups is 2. The Morgan fingerprint density at radius 3 is 2.39 bits per heavy atom. The van der Waals surface area contributed by atoms with Crippen LogP contribution in [0.1, 0.15) is 38.9 Å². The number of hydrogen-bond donors (Lipinski definition) is 0. The molecule has 1 aromatic heterocycles. The molecule has 0 unspecified atom stereocenters. The van der Waals surface area contributed by atoms with Crippen molar-refractivity contribution in [3.8, 4) is 0 Å². The van der Waals surface area contributed by atoms with Crippen molar-refractivity contribution in [3.05, 3.63) is 64.8 Å². The Kier molecular flexibility index (Phi) is 5.38. The van der Waals surface area contributed by atoms with Crippen LogP contribution in [0, 0.1) is 6.92 Å². The molecule has 0 amide bonds. The van der Waals surface area contributed by atoms with Gasteiger partial charge in [0.05, 0.1) is 17.1 Å². The van der Waals surface area contributed by atoms with Crippen LogP contribution in [0.3, 0.4) is 0 Å². The number of sulfone groups is 1. The van der Waals surface area contributed by atoms with Crippen LogP contribution in [-0.4, -0.2) is 38.1 Å². The molecule has 0 spiro atoms. The number of benzene rings is 2. The molecule has 0 saturated heterocycles. The van der Waals surface area contributed by atoms with Gasteiger partial charge in [-0.25, -0.2) is 13.2 Å². The van der Waals surface area contributed by atoms with Crippen LogP contribution < -0.4 is 0 Å². The average Bonchev–Trinajstić information content (AvgIpc) is 2.96. The Hall–Kier alpha value is -2.93. The Balaban J connectivity index is 2.29. The molecule has 7 heteroatoms. The highest BCUT2D eigenvalue weighted by atomic mass is 32.2. The fourth-order valence-corrected chi connectivity index (χ4v) is 3.82. The van der Waals surface area contributed by atoms with E-state index < -0.39 is 15.8 Å². The van der Waals surface area contributed by atoms with E-state index in [1.807, 2.05) is 31.2 Å². The van der Waals surface area contributed by atoms with Crippen molar-refractivity contribution in [2.45, 2.75) is 25.3 Å². The molecule has 0 saturated carbocycles. The van der Waals surface area contributed by atoms with E-state index in [2.05, 4.69) is 0 Å². The quantitative estimate of drug-likeness (QED) is 0.469. The van der Waals surface area contributed by atoms with Crippen molar-refractivity contribution in [1.29, 1.82) is 0 Å². The van der Waals surface area contributed by atoms with Gasteiger partial charge in [-0.05, 0) is 37.6 Å². The van der Waals surface area contributed by atoms with Crippen molar-refractivity contribution in [3.63, 3.8) is 0 Å². The number of carbonyl (C=O) groups excluding carboxylic acids is 2. The molecule has 6 nitrogen and oxygen atoms in total. The number of aromatic nitrogens is 1. The van der Waals surface area contributed by atoms with E-state index in [1.54, 1.807) is 17.6 Å². The molecule has 3 aromatic rings. The summed E-state index contributed by atoms with van der Waals surface area (Å²) in [6.45, 7) is 4.18. The SMILES string of the molecule is CCOC(=O)c1c(C=O)c2cc(S(C)(=O)=O)ccc2n1Cc1ccc(C)cc1. The molecule has 0 aliphatic rings. The highest BCUT2D eigenvalue weighted by Gasteiger charge is 2.25. The topological polar surface area (TPSA) is 82.4 Å². The van der Waals surface area contributed by atoms with Gasteiger partial charge in [0, 0.05) is 23.7 Å². The van der Waals surface area contributed by atoms with Gasteiger partial charge in [-0.1, -0.05) is 29.8 Å². The molecular formula is C21H21NO5S. The number of nitrogens with zero attached hydrogens (tertiary/aromatic N) is 1. The maximum Gasteiger partial charge on any atom is 0.355 e. The lowest BCUT2D eigenvalue weighted by Crippen LogP contribution is -2.14. The summed E-state index contributed by atoms with van der Waals surface area (Å²) in [6, 6.07) is 12.4. The van der Waals surface area contributed by atoms with Gasteiger partial charge < -0.3 is 9.30 Å². The molecule has 28 heavy (non-hydrogen) atoms. The first-order chi connectivity index (χ1) is 13.3. The third kappa shape index (κ3) is 3.71. The Morgan fingerprint density at radius 2 is 1.82 bits per heavy atom. The van der Waals surface area contributed by atoms with Crippen LogP contribution in [0.4, 0.5) is 0 Å². The van der Waals surface area contributed by atoms with E-state index in [0.29, 0.717) is 23.7 Å². The number of fused-ring (bicyclic) bond motifs is 1. The molecule has 0 aliphatic carbocycles. The summed E-state index contributed by atoms with van der Waals surface area (Å²) in [5.74, 6) is -0.617. The van der Waals surface area contributed by atoms with Crippen molar-refractivity contribution < 1.29 is 22.7 Å². The van der Waals surface area contributed by atoms with Gasteiger partial charge in [-0.2, -0.15) is 0 Å². The second-order valence-electron chi connectivity index (χ2n) is 6.62. The van der Waals surface area contributed by atoms with Crippen molar-refractivity contribution >= 4 is 33.0 Å². The van der Waals surface area contributed by atoms with E-state index in [-0.39, 0.29) is 22.8 Å². The van der Waals surface area contributed by atoms with Gasteiger partial charge >= 0.3 is 5.97 Å². The lowest BCUT2D eigenvalue weighted by molar-refractivity contribution is 0.0512. The van der Waals surface area contributed by atoms with E-state index in [0.717, 1.165) is 17.4 Å². The molecule has 0 atom stereocenters. The number of ether oxygens (including phenoxy) is 1. The zero-order valence-corrected chi connectivity index (χ0v) is 16.7. The standard InChI is InChI=1S/C21H21NO5S/c1-4-27-21(24)20-18(13-23)17-11-16(28(3,25)26)9-10-19(17)22(20)12-15-7-5-14(2)6-8-15/h5-11,13H,4,12H2,1-3H3. The van der Waals surface area contributed by atoms with Gasteiger partial charge in [-0.15, -0.1) is 0 Å². The number of esters is 1. The third-order valence-corrected chi connectivity index (χ3v) is 5.66. The zero-order valence-electron chi connectivity index (χ0n) is 15.9. The minimum atomic E-state index is -3.46. The van der Waals surface area contributed by atoms with Crippen LogP contribution in [0.5, 0.6) is 0 Å². The van der Waals surface area contributed by atoms with Crippen LogP contribution in [-0.2, 0) is 21.1 Å². The Bertz CT molecular complexity index is 1160. The van der Waals surface area contributed by atoms with E-state index in [4.69, 9.17) is 4.74 Å². The Labute approximate surface area is 163 Å². The molecule has 1 heterocycles. The second kappa shape index (κ2) is 7.59. The summed E-state index contributed by atoms with van der Waals surface area (Å²) < 4.78 is 30.7. The van der Waals surface area contributed by atoms with Crippen LogP contribution in [0.2, 0.25) is 0 Å². The maximum absolute atomic E-state index is 12.6. The number of rotatable bonds is 6. The maximum atomic E-state index is 12.6. The first kappa shape index (κ1) is 19.8. The van der Waals surface area contributed by atoms with Gasteiger partial charge in [-0.3, -0.25) is 4.79 Å². The highest BCUT2D eigenvalue weighted by molar-refractivity contribution is 7.90. The van der Waals surface area contributed by atoms with E-state index in [1.165, 1.54) is 12.1 Å². The smallest absolute Gasteiger partial charge is 0.355 e. The summed E-state index contributed by atoms with van der Waals surface area (Å²) in [4.78, 5) is 24.6. The molecule has 2 aromatic carbocycles. The Morgan fingerprint density at radius 1 is 1.14 bits per heavy atom. The van der Waals surface area contributed by atoms with Crippen LogP contribution in [0.15, 0.2) is 47.4 Å². The summed E-state index contributed by atoms with van der Waals surface area (Å²) in [5, 5.41) is 0.410. The fraction of sp³-hybridized carbons (Fsp3) is 0.238.